The van der Waals surface area contributed by atoms with Crippen LogP contribution in [0.4, 0.5) is 0 Å². The van der Waals surface area contributed by atoms with Gasteiger partial charge in [0.05, 0.1) is 31.7 Å². The van der Waals surface area contributed by atoms with E-state index in [9.17, 15) is 9.59 Å². The quantitative estimate of drug-likeness (QED) is 0.508. The zero-order valence-electron chi connectivity index (χ0n) is 19.4. The summed E-state index contributed by atoms with van der Waals surface area (Å²) >= 11 is 0. The van der Waals surface area contributed by atoms with Gasteiger partial charge in [0.1, 0.15) is 11.5 Å². The number of furan rings is 1. The summed E-state index contributed by atoms with van der Waals surface area (Å²) in [5.74, 6) is 1.33. The van der Waals surface area contributed by atoms with E-state index in [-0.39, 0.29) is 24.3 Å². The Bertz CT molecular complexity index is 1060. The van der Waals surface area contributed by atoms with Gasteiger partial charge in [0.15, 0.2) is 0 Å². The summed E-state index contributed by atoms with van der Waals surface area (Å²) < 4.78 is 11.4. The highest BCUT2D eigenvalue weighted by atomic mass is 16.5. The van der Waals surface area contributed by atoms with E-state index < -0.39 is 6.04 Å². The summed E-state index contributed by atoms with van der Waals surface area (Å²) in [5, 5.41) is 6.09. The van der Waals surface area contributed by atoms with Gasteiger partial charge < -0.3 is 19.8 Å². The molecule has 1 aliphatic heterocycles. The molecule has 4 rings (SSSR count). The molecule has 2 unspecified atom stereocenters. The Morgan fingerprint density at radius 3 is 2.26 bits per heavy atom. The fraction of sp³-hybridized carbons (Fsp3) is 0.333. The summed E-state index contributed by atoms with van der Waals surface area (Å²) in [6, 6.07) is 22.0. The van der Waals surface area contributed by atoms with Crippen molar-refractivity contribution in [3.8, 4) is 0 Å². The van der Waals surface area contributed by atoms with Crippen LogP contribution in [-0.4, -0.2) is 49.6 Å². The third-order valence-electron chi connectivity index (χ3n) is 6.00. The number of hydrogen-bond donors (Lipinski definition) is 2. The van der Waals surface area contributed by atoms with Gasteiger partial charge in [0, 0.05) is 25.2 Å². The monoisotopic (exact) mass is 461 g/mol. The highest BCUT2D eigenvalue weighted by molar-refractivity contribution is 5.94. The molecule has 178 valence electrons. The molecule has 1 fully saturated rings. The first kappa shape index (κ1) is 23.7. The minimum absolute atomic E-state index is 0.0735. The molecule has 34 heavy (non-hydrogen) atoms. The van der Waals surface area contributed by atoms with E-state index in [4.69, 9.17) is 9.15 Å². The SMILES string of the molecule is Cc1ccc(C(CNC(=O)CC(NC(=O)c2ccccc2)c2ccccc2)N2CCOCC2)o1. The number of amides is 2. The van der Waals surface area contributed by atoms with Crippen LogP contribution in [0.2, 0.25) is 0 Å². The number of benzene rings is 2. The van der Waals surface area contributed by atoms with Crippen molar-refractivity contribution in [1.82, 2.24) is 15.5 Å². The Hall–Kier alpha value is -3.42. The largest absolute Gasteiger partial charge is 0.465 e. The lowest BCUT2D eigenvalue weighted by atomic mass is 10.0. The number of ether oxygens (including phenoxy) is 1. The van der Waals surface area contributed by atoms with Crippen LogP contribution in [0.15, 0.2) is 77.2 Å². The van der Waals surface area contributed by atoms with Gasteiger partial charge in [-0.2, -0.15) is 0 Å². The molecule has 1 aliphatic rings. The molecule has 1 saturated heterocycles. The second-order valence-corrected chi connectivity index (χ2v) is 8.42. The van der Waals surface area contributed by atoms with Crippen LogP contribution in [0.3, 0.4) is 0 Å². The number of aryl methyl sites for hydroxylation is 1. The lowest BCUT2D eigenvalue weighted by Gasteiger charge is -2.33. The number of morpholine rings is 1. The third-order valence-corrected chi connectivity index (χ3v) is 6.00. The first-order valence-electron chi connectivity index (χ1n) is 11.7. The fourth-order valence-corrected chi connectivity index (χ4v) is 4.17. The van der Waals surface area contributed by atoms with Gasteiger partial charge in [-0.15, -0.1) is 0 Å². The van der Waals surface area contributed by atoms with E-state index in [1.165, 1.54) is 0 Å². The summed E-state index contributed by atoms with van der Waals surface area (Å²) in [6.07, 6.45) is 0.135. The maximum atomic E-state index is 13.0. The van der Waals surface area contributed by atoms with Crippen LogP contribution in [0.5, 0.6) is 0 Å². The summed E-state index contributed by atoms with van der Waals surface area (Å²) in [5.41, 5.74) is 1.44. The Kier molecular flexibility index (Phi) is 8.12. The minimum atomic E-state index is -0.443. The highest BCUT2D eigenvalue weighted by Gasteiger charge is 2.26. The molecule has 1 aromatic heterocycles. The maximum absolute atomic E-state index is 13.0. The minimum Gasteiger partial charge on any atom is -0.465 e. The van der Waals surface area contributed by atoms with Crippen LogP contribution < -0.4 is 10.6 Å². The molecule has 0 bridgehead atoms. The second-order valence-electron chi connectivity index (χ2n) is 8.42. The van der Waals surface area contributed by atoms with E-state index >= 15 is 0 Å². The molecule has 0 saturated carbocycles. The maximum Gasteiger partial charge on any atom is 0.251 e. The van der Waals surface area contributed by atoms with Crippen LogP contribution in [0.25, 0.3) is 0 Å². The van der Waals surface area contributed by atoms with Crippen LogP contribution in [-0.2, 0) is 9.53 Å². The normalized spacial score (nSPS) is 15.9. The van der Waals surface area contributed by atoms with Gasteiger partial charge in [-0.05, 0) is 36.8 Å². The predicted octanol–water partition coefficient (Wildman–Crippen LogP) is 3.64. The van der Waals surface area contributed by atoms with Gasteiger partial charge in [-0.3, -0.25) is 14.5 Å². The smallest absolute Gasteiger partial charge is 0.251 e. The predicted molar refractivity (Wildman–Crippen MR) is 129 cm³/mol. The molecule has 2 aromatic carbocycles. The molecule has 2 amide bonds. The molecule has 2 heterocycles. The molecule has 7 nitrogen and oxygen atoms in total. The molecule has 0 spiro atoms. The van der Waals surface area contributed by atoms with E-state index in [0.717, 1.165) is 30.2 Å². The fourth-order valence-electron chi connectivity index (χ4n) is 4.17. The standard InChI is InChI=1S/C27H31N3O4/c1-20-12-13-25(34-20)24(30-14-16-33-17-15-30)19-28-26(31)18-23(21-8-4-2-5-9-21)29-27(32)22-10-6-3-7-11-22/h2-13,23-24H,14-19H2,1H3,(H,28,31)(H,29,32). The van der Waals surface area contributed by atoms with E-state index in [0.29, 0.717) is 25.3 Å². The topological polar surface area (TPSA) is 83.8 Å². The van der Waals surface area contributed by atoms with Crippen LogP contribution in [0, 0.1) is 6.92 Å². The van der Waals surface area contributed by atoms with Gasteiger partial charge in [0.25, 0.3) is 5.91 Å². The van der Waals surface area contributed by atoms with E-state index in [2.05, 4.69) is 15.5 Å². The second kappa shape index (κ2) is 11.6. The molecule has 2 N–H and O–H groups in total. The van der Waals surface area contributed by atoms with Gasteiger partial charge >= 0.3 is 0 Å². The number of nitrogens with one attached hydrogen (secondary N) is 2. The first-order chi connectivity index (χ1) is 16.6. The average molecular weight is 462 g/mol. The van der Waals surface area contributed by atoms with Gasteiger partial charge in [-0.1, -0.05) is 48.5 Å². The van der Waals surface area contributed by atoms with Crippen LogP contribution >= 0.6 is 0 Å². The van der Waals surface area contributed by atoms with Crippen molar-refractivity contribution in [2.24, 2.45) is 0 Å². The average Bonchev–Trinajstić information content (AvgIpc) is 3.31. The van der Waals surface area contributed by atoms with Crippen molar-refractivity contribution in [2.75, 3.05) is 32.8 Å². The Labute approximate surface area is 200 Å². The molecule has 3 aromatic rings. The lowest BCUT2D eigenvalue weighted by molar-refractivity contribution is -0.122. The Balaban J connectivity index is 1.43. The number of carbonyl (C=O) groups excluding carboxylic acids is 2. The number of carbonyl (C=O) groups is 2. The molecular formula is C27H31N3O4. The number of nitrogens with zero attached hydrogens (tertiary/aromatic N) is 1. The molecule has 7 heteroatoms. The van der Waals surface area contributed by atoms with Gasteiger partial charge in [0.2, 0.25) is 5.91 Å². The Morgan fingerprint density at radius 2 is 1.62 bits per heavy atom. The van der Waals surface area contributed by atoms with Crippen molar-refractivity contribution in [3.05, 3.63) is 95.4 Å². The van der Waals surface area contributed by atoms with E-state index in [1.54, 1.807) is 12.1 Å². The van der Waals surface area contributed by atoms with Crippen molar-refractivity contribution < 1.29 is 18.7 Å². The van der Waals surface area contributed by atoms with Crippen molar-refractivity contribution in [1.29, 1.82) is 0 Å². The van der Waals surface area contributed by atoms with Crippen LogP contribution in [0.1, 0.15) is 45.9 Å². The molecular weight excluding hydrogens is 430 g/mol. The highest BCUT2D eigenvalue weighted by Crippen LogP contribution is 2.24. The summed E-state index contributed by atoms with van der Waals surface area (Å²) in [6.45, 7) is 5.20. The zero-order valence-corrected chi connectivity index (χ0v) is 19.4. The zero-order chi connectivity index (χ0) is 23.8. The molecule has 0 radical (unpaired) electrons. The number of hydrogen-bond acceptors (Lipinski definition) is 5. The van der Waals surface area contributed by atoms with Crippen molar-refractivity contribution in [3.63, 3.8) is 0 Å². The Morgan fingerprint density at radius 1 is 0.941 bits per heavy atom. The van der Waals surface area contributed by atoms with Crippen molar-refractivity contribution in [2.45, 2.75) is 25.4 Å². The molecule has 2 atom stereocenters. The summed E-state index contributed by atoms with van der Waals surface area (Å²) in [7, 11) is 0. The number of rotatable bonds is 9. The van der Waals surface area contributed by atoms with E-state index in [1.807, 2.05) is 67.6 Å². The molecule has 0 aliphatic carbocycles. The lowest BCUT2D eigenvalue weighted by Crippen LogP contribution is -2.44. The third kappa shape index (κ3) is 6.34. The summed E-state index contributed by atoms with van der Waals surface area (Å²) in [4.78, 5) is 28.1. The van der Waals surface area contributed by atoms with Gasteiger partial charge in [-0.25, -0.2) is 0 Å². The first-order valence-corrected chi connectivity index (χ1v) is 11.7. The van der Waals surface area contributed by atoms with Crippen molar-refractivity contribution >= 4 is 11.8 Å².